The number of hydrogen-bond donors (Lipinski definition) is 1. The van der Waals surface area contributed by atoms with Crippen LogP contribution in [0.1, 0.15) is 37.7 Å². The lowest BCUT2D eigenvalue weighted by Gasteiger charge is -2.32. The summed E-state index contributed by atoms with van der Waals surface area (Å²) >= 11 is 0. The first kappa shape index (κ1) is 19.5. The summed E-state index contributed by atoms with van der Waals surface area (Å²) in [7, 11) is 0. The van der Waals surface area contributed by atoms with Gasteiger partial charge in [0, 0.05) is 50.7 Å². The van der Waals surface area contributed by atoms with Gasteiger partial charge in [0.25, 0.3) is 0 Å². The van der Waals surface area contributed by atoms with Gasteiger partial charge in [0.1, 0.15) is 0 Å². The predicted molar refractivity (Wildman–Crippen MR) is 112 cm³/mol. The molecule has 3 heterocycles. The number of likely N-dealkylation sites (tertiary alicyclic amines) is 2. The van der Waals surface area contributed by atoms with E-state index in [4.69, 9.17) is 0 Å². The van der Waals surface area contributed by atoms with Crippen LogP contribution in [0.4, 0.5) is 10.5 Å². The Hall–Kier alpha value is -2.83. The van der Waals surface area contributed by atoms with Crippen LogP contribution in [0.25, 0.3) is 0 Å². The van der Waals surface area contributed by atoms with E-state index in [2.05, 4.69) is 10.4 Å². The van der Waals surface area contributed by atoms with E-state index in [0.29, 0.717) is 37.9 Å². The predicted octanol–water partition coefficient (Wildman–Crippen LogP) is 3.19. The van der Waals surface area contributed by atoms with Gasteiger partial charge in [-0.05, 0) is 55.4 Å². The first-order valence-corrected chi connectivity index (χ1v) is 10.6. The molecule has 2 aliphatic heterocycles. The van der Waals surface area contributed by atoms with Gasteiger partial charge in [-0.2, -0.15) is 5.10 Å². The topological polar surface area (TPSA) is 70.5 Å². The zero-order chi connectivity index (χ0) is 20.1. The lowest BCUT2D eigenvalue weighted by molar-refractivity contribution is -0.131. The third-order valence-electron chi connectivity index (χ3n) is 5.93. The fraction of sp³-hybridized carbons (Fsp3) is 0.500. The van der Waals surface area contributed by atoms with E-state index in [-0.39, 0.29) is 6.03 Å². The first-order valence-electron chi connectivity index (χ1n) is 10.6. The molecule has 7 nitrogen and oxygen atoms in total. The van der Waals surface area contributed by atoms with Crippen molar-refractivity contribution in [2.24, 2.45) is 5.92 Å². The molecule has 3 amide bonds. The normalized spacial score (nSPS) is 17.5. The Bertz CT molecular complexity index is 804. The van der Waals surface area contributed by atoms with E-state index in [1.54, 1.807) is 6.20 Å². The molecule has 29 heavy (non-hydrogen) atoms. The second-order valence-corrected chi connectivity index (χ2v) is 8.05. The Morgan fingerprint density at radius 3 is 2.38 bits per heavy atom. The summed E-state index contributed by atoms with van der Waals surface area (Å²) in [5.41, 5.74) is 1.93. The minimum absolute atomic E-state index is 0.0610. The van der Waals surface area contributed by atoms with Crippen molar-refractivity contribution in [3.63, 3.8) is 0 Å². The quantitative estimate of drug-likeness (QED) is 0.845. The van der Waals surface area contributed by atoms with Crippen LogP contribution in [0.2, 0.25) is 0 Å². The molecular formula is C22H29N5O2. The molecule has 2 saturated heterocycles. The van der Waals surface area contributed by atoms with Crippen LogP contribution < -0.4 is 5.32 Å². The average Bonchev–Trinajstić information content (AvgIpc) is 3.44. The molecule has 7 heteroatoms. The number of aromatic nitrogens is 2. The Labute approximate surface area is 171 Å². The Kier molecular flexibility index (Phi) is 6.12. The first-order chi connectivity index (χ1) is 14.2. The minimum Gasteiger partial charge on any atom is -0.343 e. The maximum Gasteiger partial charge on any atom is 0.321 e. The SMILES string of the molecule is O=C(CC1CCN(C(=O)Nc2ccc(Cn3cccn3)cc2)CC1)N1CCCC1. The number of carbonyl (C=O) groups excluding carboxylic acids is 2. The van der Waals surface area contributed by atoms with Gasteiger partial charge in [0.15, 0.2) is 0 Å². The molecule has 2 aliphatic rings. The van der Waals surface area contributed by atoms with E-state index in [1.807, 2.05) is 51.0 Å². The number of piperidine rings is 1. The van der Waals surface area contributed by atoms with Gasteiger partial charge in [-0.15, -0.1) is 0 Å². The molecule has 154 valence electrons. The molecule has 0 bridgehead atoms. The molecule has 2 fully saturated rings. The Balaban J connectivity index is 1.22. The number of nitrogens with zero attached hydrogens (tertiary/aromatic N) is 4. The van der Waals surface area contributed by atoms with E-state index < -0.39 is 0 Å². The Morgan fingerprint density at radius 2 is 1.72 bits per heavy atom. The van der Waals surface area contributed by atoms with Gasteiger partial charge in [0.05, 0.1) is 6.54 Å². The summed E-state index contributed by atoms with van der Waals surface area (Å²) in [5, 5.41) is 7.19. The van der Waals surface area contributed by atoms with Crippen molar-refractivity contribution < 1.29 is 9.59 Å². The van der Waals surface area contributed by atoms with Gasteiger partial charge < -0.3 is 15.1 Å². The summed E-state index contributed by atoms with van der Waals surface area (Å²) in [6, 6.07) is 9.71. The second-order valence-electron chi connectivity index (χ2n) is 8.05. The van der Waals surface area contributed by atoms with Crippen molar-refractivity contribution >= 4 is 17.6 Å². The van der Waals surface area contributed by atoms with Crippen molar-refractivity contribution in [2.45, 2.75) is 38.6 Å². The largest absolute Gasteiger partial charge is 0.343 e. The van der Waals surface area contributed by atoms with Crippen LogP contribution >= 0.6 is 0 Å². The smallest absolute Gasteiger partial charge is 0.321 e. The van der Waals surface area contributed by atoms with Gasteiger partial charge in [-0.1, -0.05) is 12.1 Å². The number of anilines is 1. The number of hydrogen-bond acceptors (Lipinski definition) is 3. The summed E-state index contributed by atoms with van der Waals surface area (Å²) in [4.78, 5) is 28.7. The summed E-state index contributed by atoms with van der Waals surface area (Å²) < 4.78 is 1.87. The number of rotatable bonds is 5. The number of benzene rings is 1. The van der Waals surface area contributed by atoms with Gasteiger partial charge in [-0.3, -0.25) is 9.48 Å². The van der Waals surface area contributed by atoms with Crippen molar-refractivity contribution in [3.8, 4) is 0 Å². The van der Waals surface area contributed by atoms with Crippen LogP contribution in [0.5, 0.6) is 0 Å². The molecule has 0 atom stereocenters. The lowest BCUT2D eigenvalue weighted by Crippen LogP contribution is -2.42. The summed E-state index contributed by atoms with van der Waals surface area (Å²) in [6.07, 6.45) is 8.39. The fourth-order valence-electron chi connectivity index (χ4n) is 4.16. The standard InChI is InChI=1S/C22H29N5O2/c28-21(25-11-1-2-12-25)16-18-8-14-26(15-9-18)22(29)24-20-6-4-19(5-7-20)17-27-13-3-10-23-27/h3-7,10,13,18H,1-2,8-9,11-12,14-17H2,(H,24,29). The third kappa shape index (κ3) is 5.16. The molecule has 2 aromatic rings. The lowest BCUT2D eigenvalue weighted by atomic mass is 9.93. The van der Waals surface area contributed by atoms with E-state index in [9.17, 15) is 9.59 Å². The molecule has 0 radical (unpaired) electrons. The molecular weight excluding hydrogens is 366 g/mol. The Morgan fingerprint density at radius 1 is 1.00 bits per heavy atom. The highest BCUT2D eigenvalue weighted by atomic mass is 16.2. The van der Waals surface area contributed by atoms with Gasteiger partial charge >= 0.3 is 6.03 Å². The maximum absolute atomic E-state index is 12.6. The molecule has 1 aromatic carbocycles. The number of amides is 3. The monoisotopic (exact) mass is 395 g/mol. The average molecular weight is 396 g/mol. The van der Waals surface area contributed by atoms with Crippen LogP contribution in [0, 0.1) is 5.92 Å². The molecule has 1 aromatic heterocycles. The highest BCUT2D eigenvalue weighted by Gasteiger charge is 2.27. The van der Waals surface area contributed by atoms with Crippen LogP contribution in [0.15, 0.2) is 42.7 Å². The second kappa shape index (κ2) is 9.11. The maximum atomic E-state index is 12.6. The molecule has 4 rings (SSSR count). The number of nitrogens with one attached hydrogen (secondary N) is 1. The third-order valence-corrected chi connectivity index (χ3v) is 5.93. The molecule has 1 N–H and O–H groups in total. The summed E-state index contributed by atoms with van der Waals surface area (Å²) in [6.45, 7) is 3.97. The van der Waals surface area contributed by atoms with Gasteiger partial charge in [0.2, 0.25) is 5.91 Å². The number of carbonyl (C=O) groups is 2. The van der Waals surface area contributed by atoms with Crippen molar-refractivity contribution in [2.75, 3.05) is 31.5 Å². The van der Waals surface area contributed by atoms with Gasteiger partial charge in [-0.25, -0.2) is 4.79 Å². The molecule has 0 saturated carbocycles. The van der Waals surface area contributed by atoms with Crippen molar-refractivity contribution in [3.05, 3.63) is 48.3 Å². The fourth-order valence-corrected chi connectivity index (χ4v) is 4.16. The van der Waals surface area contributed by atoms with E-state index in [0.717, 1.165) is 50.0 Å². The zero-order valence-corrected chi connectivity index (χ0v) is 16.8. The van der Waals surface area contributed by atoms with E-state index >= 15 is 0 Å². The number of urea groups is 1. The van der Waals surface area contributed by atoms with E-state index in [1.165, 1.54) is 0 Å². The van der Waals surface area contributed by atoms with Crippen LogP contribution in [-0.2, 0) is 11.3 Å². The highest BCUT2D eigenvalue weighted by molar-refractivity contribution is 5.89. The van der Waals surface area contributed by atoms with Crippen LogP contribution in [0.3, 0.4) is 0 Å². The van der Waals surface area contributed by atoms with Crippen molar-refractivity contribution in [1.82, 2.24) is 19.6 Å². The highest BCUT2D eigenvalue weighted by Crippen LogP contribution is 2.23. The summed E-state index contributed by atoms with van der Waals surface area (Å²) in [5.74, 6) is 0.689. The minimum atomic E-state index is -0.0610. The molecule has 0 unspecified atom stereocenters. The zero-order valence-electron chi connectivity index (χ0n) is 16.8. The van der Waals surface area contributed by atoms with Crippen LogP contribution in [-0.4, -0.2) is 57.7 Å². The molecule has 0 aliphatic carbocycles. The van der Waals surface area contributed by atoms with Crippen molar-refractivity contribution in [1.29, 1.82) is 0 Å². The molecule has 0 spiro atoms.